The van der Waals surface area contributed by atoms with Gasteiger partial charge in [-0.1, -0.05) is 38.0 Å². The molecule has 0 spiro atoms. The van der Waals surface area contributed by atoms with Crippen LogP contribution in [0.25, 0.3) is 0 Å². The lowest BCUT2D eigenvalue weighted by Crippen LogP contribution is -2.43. The zero-order chi connectivity index (χ0) is 14.6. The summed E-state index contributed by atoms with van der Waals surface area (Å²) < 4.78 is 0. The second-order valence-electron chi connectivity index (χ2n) is 6.75. The molecule has 0 aromatic heterocycles. The van der Waals surface area contributed by atoms with Crippen molar-refractivity contribution in [3.63, 3.8) is 0 Å². The van der Waals surface area contributed by atoms with Crippen molar-refractivity contribution in [3.8, 4) is 0 Å². The molecule has 1 heterocycles. The molecule has 2 rings (SSSR count). The van der Waals surface area contributed by atoms with Crippen molar-refractivity contribution in [1.29, 1.82) is 0 Å². The molecule has 0 fully saturated rings. The van der Waals surface area contributed by atoms with Gasteiger partial charge in [0, 0.05) is 25.3 Å². The highest BCUT2D eigenvalue weighted by molar-refractivity contribution is 5.56. The third-order valence-electron chi connectivity index (χ3n) is 4.48. The Hall–Kier alpha value is -1.02. The second-order valence-corrected chi connectivity index (χ2v) is 6.75. The van der Waals surface area contributed by atoms with Crippen LogP contribution >= 0.6 is 0 Å². The summed E-state index contributed by atoms with van der Waals surface area (Å²) >= 11 is 0. The van der Waals surface area contributed by atoms with E-state index in [-0.39, 0.29) is 0 Å². The highest BCUT2D eigenvalue weighted by Crippen LogP contribution is 2.32. The van der Waals surface area contributed by atoms with Gasteiger partial charge in [0.2, 0.25) is 0 Å². The predicted octanol–water partition coefficient (Wildman–Crippen LogP) is 3.77. The lowest BCUT2D eigenvalue weighted by molar-refractivity contribution is 0.286. The van der Waals surface area contributed by atoms with Crippen molar-refractivity contribution in [1.82, 2.24) is 5.32 Å². The Bertz CT molecular complexity index is 433. The van der Waals surface area contributed by atoms with Gasteiger partial charge in [0.05, 0.1) is 0 Å². The average molecular weight is 274 g/mol. The molecule has 1 aromatic rings. The van der Waals surface area contributed by atoms with E-state index in [0.29, 0.717) is 5.41 Å². The Balaban J connectivity index is 2.18. The average Bonchev–Trinajstić information content (AvgIpc) is 2.39. The largest absolute Gasteiger partial charge is 0.371 e. The van der Waals surface area contributed by atoms with Crippen molar-refractivity contribution in [2.75, 3.05) is 31.6 Å². The SMILES string of the molecule is CCCC(C)(CNC)CN1CCCc2cc(C)ccc21. The summed E-state index contributed by atoms with van der Waals surface area (Å²) in [4.78, 5) is 2.62. The lowest BCUT2D eigenvalue weighted by Gasteiger charge is -2.39. The van der Waals surface area contributed by atoms with E-state index in [9.17, 15) is 0 Å². The summed E-state index contributed by atoms with van der Waals surface area (Å²) in [6, 6.07) is 6.96. The van der Waals surface area contributed by atoms with Crippen LogP contribution < -0.4 is 10.2 Å². The molecule has 1 aromatic carbocycles. The monoisotopic (exact) mass is 274 g/mol. The summed E-state index contributed by atoms with van der Waals surface area (Å²) in [5.41, 5.74) is 4.76. The number of benzene rings is 1. The third-order valence-corrected chi connectivity index (χ3v) is 4.48. The van der Waals surface area contributed by atoms with Crippen LogP contribution in [0.15, 0.2) is 18.2 Å². The molecular formula is C18H30N2. The molecule has 0 aliphatic carbocycles. The van der Waals surface area contributed by atoms with Crippen molar-refractivity contribution in [3.05, 3.63) is 29.3 Å². The molecule has 112 valence electrons. The summed E-state index contributed by atoms with van der Waals surface area (Å²) in [5, 5.41) is 3.39. The van der Waals surface area contributed by atoms with Crippen LogP contribution in [-0.2, 0) is 6.42 Å². The smallest absolute Gasteiger partial charge is 0.0399 e. The maximum absolute atomic E-state index is 3.39. The molecule has 2 heteroatoms. The van der Waals surface area contributed by atoms with E-state index in [0.717, 1.165) is 13.1 Å². The van der Waals surface area contributed by atoms with Crippen molar-refractivity contribution >= 4 is 5.69 Å². The summed E-state index contributed by atoms with van der Waals surface area (Å²) in [7, 11) is 2.07. The summed E-state index contributed by atoms with van der Waals surface area (Å²) in [6.07, 6.45) is 5.07. The Kier molecular flexibility index (Phi) is 5.09. The second kappa shape index (κ2) is 6.62. The first-order chi connectivity index (χ1) is 9.58. The molecule has 0 radical (unpaired) electrons. The Labute approximate surface area is 124 Å². The highest BCUT2D eigenvalue weighted by atomic mass is 15.1. The fraction of sp³-hybridized carbons (Fsp3) is 0.667. The van der Waals surface area contributed by atoms with Gasteiger partial charge < -0.3 is 10.2 Å². The number of aryl methyl sites for hydroxylation is 2. The maximum Gasteiger partial charge on any atom is 0.0399 e. The number of hydrogen-bond donors (Lipinski definition) is 1. The maximum atomic E-state index is 3.39. The molecule has 1 atom stereocenters. The molecule has 2 nitrogen and oxygen atoms in total. The first-order valence-corrected chi connectivity index (χ1v) is 8.07. The van der Waals surface area contributed by atoms with Crippen LogP contribution in [0, 0.1) is 12.3 Å². The lowest BCUT2D eigenvalue weighted by atomic mass is 9.84. The van der Waals surface area contributed by atoms with Gasteiger partial charge in [0.15, 0.2) is 0 Å². The van der Waals surface area contributed by atoms with Gasteiger partial charge in [0.25, 0.3) is 0 Å². The van der Waals surface area contributed by atoms with Crippen LogP contribution in [-0.4, -0.2) is 26.7 Å². The van der Waals surface area contributed by atoms with E-state index in [1.54, 1.807) is 5.56 Å². The topological polar surface area (TPSA) is 15.3 Å². The van der Waals surface area contributed by atoms with Gasteiger partial charge in [-0.25, -0.2) is 0 Å². The molecule has 0 saturated carbocycles. The Morgan fingerprint density at radius 2 is 2.15 bits per heavy atom. The van der Waals surface area contributed by atoms with Crippen molar-refractivity contribution in [2.24, 2.45) is 5.41 Å². The van der Waals surface area contributed by atoms with Crippen LogP contribution in [0.2, 0.25) is 0 Å². The van der Waals surface area contributed by atoms with E-state index < -0.39 is 0 Å². The number of anilines is 1. The number of nitrogens with zero attached hydrogens (tertiary/aromatic N) is 1. The van der Waals surface area contributed by atoms with E-state index in [1.165, 1.54) is 43.5 Å². The molecule has 1 aliphatic rings. The zero-order valence-electron chi connectivity index (χ0n) is 13.6. The van der Waals surface area contributed by atoms with Crippen LogP contribution in [0.4, 0.5) is 5.69 Å². The highest BCUT2D eigenvalue weighted by Gasteiger charge is 2.28. The standard InChI is InChI=1S/C18H30N2/c1-5-10-18(3,13-19-4)14-20-11-6-7-16-12-15(2)8-9-17(16)20/h8-9,12,19H,5-7,10-11,13-14H2,1-4H3. The van der Waals surface area contributed by atoms with Crippen LogP contribution in [0.1, 0.15) is 44.2 Å². The quantitative estimate of drug-likeness (QED) is 0.849. The molecule has 1 unspecified atom stereocenters. The van der Waals surface area contributed by atoms with Gasteiger partial charge in [-0.3, -0.25) is 0 Å². The first kappa shape index (κ1) is 15.4. The van der Waals surface area contributed by atoms with Crippen molar-refractivity contribution in [2.45, 2.75) is 46.5 Å². The van der Waals surface area contributed by atoms with E-state index in [2.05, 4.69) is 56.2 Å². The van der Waals surface area contributed by atoms with Gasteiger partial charge in [-0.15, -0.1) is 0 Å². The molecule has 0 amide bonds. The van der Waals surface area contributed by atoms with Crippen molar-refractivity contribution < 1.29 is 0 Å². The number of rotatable bonds is 6. The molecule has 20 heavy (non-hydrogen) atoms. The first-order valence-electron chi connectivity index (χ1n) is 8.07. The van der Waals surface area contributed by atoms with Crippen LogP contribution in [0.3, 0.4) is 0 Å². The molecule has 0 bridgehead atoms. The van der Waals surface area contributed by atoms with Gasteiger partial charge in [0.1, 0.15) is 0 Å². The van der Waals surface area contributed by atoms with E-state index in [4.69, 9.17) is 0 Å². The number of nitrogens with one attached hydrogen (secondary N) is 1. The van der Waals surface area contributed by atoms with Gasteiger partial charge >= 0.3 is 0 Å². The third kappa shape index (κ3) is 3.54. The minimum Gasteiger partial charge on any atom is -0.371 e. The normalized spacial score (nSPS) is 17.7. The van der Waals surface area contributed by atoms with E-state index in [1.807, 2.05) is 0 Å². The van der Waals surface area contributed by atoms with Crippen LogP contribution in [0.5, 0.6) is 0 Å². The molecule has 1 aliphatic heterocycles. The molecule has 1 N–H and O–H groups in total. The molecule has 0 saturated heterocycles. The summed E-state index contributed by atoms with van der Waals surface area (Å²) in [5.74, 6) is 0. The summed E-state index contributed by atoms with van der Waals surface area (Å²) in [6.45, 7) is 10.4. The fourth-order valence-electron chi connectivity index (χ4n) is 3.68. The van der Waals surface area contributed by atoms with Gasteiger partial charge in [-0.05, 0) is 50.3 Å². The minimum absolute atomic E-state index is 0.364. The number of hydrogen-bond acceptors (Lipinski definition) is 2. The predicted molar refractivity (Wildman–Crippen MR) is 88.7 cm³/mol. The van der Waals surface area contributed by atoms with Gasteiger partial charge in [-0.2, -0.15) is 0 Å². The Morgan fingerprint density at radius 3 is 2.85 bits per heavy atom. The number of fused-ring (bicyclic) bond motifs is 1. The van der Waals surface area contributed by atoms with E-state index >= 15 is 0 Å². The fourth-order valence-corrected chi connectivity index (χ4v) is 3.68. The minimum atomic E-state index is 0.364. The molecular weight excluding hydrogens is 244 g/mol. The zero-order valence-corrected chi connectivity index (χ0v) is 13.6. The Morgan fingerprint density at radius 1 is 1.35 bits per heavy atom.